The Morgan fingerprint density at radius 2 is 2.18 bits per heavy atom. The van der Waals surface area contributed by atoms with Gasteiger partial charge in [0.25, 0.3) is 0 Å². The van der Waals surface area contributed by atoms with E-state index in [0.29, 0.717) is 41.1 Å². The molecule has 0 amide bonds. The first-order chi connectivity index (χ1) is 16.4. The molecule has 0 fully saturated rings. The van der Waals surface area contributed by atoms with Crippen LogP contribution < -0.4 is 10.5 Å². The number of aromatic carboxylic acids is 1. The molecular formula is C25H18FN3O4S. The maximum absolute atomic E-state index is 15.1. The Hall–Kier alpha value is -3.98. The van der Waals surface area contributed by atoms with Gasteiger partial charge in [0.05, 0.1) is 22.2 Å². The number of carboxylic acid groups (broad SMARTS) is 1. The molecule has 2 aliphatic rings. The second-order valence-electron chi connectivity index (χ2n) is 8.31. The number of allylic oxidation sites excluding steroid dienone is 4. The van der Waals surface area contributed by atoms with Crippen molar-refractivity contribution in [2.45, 2.75) is 19.4 Å². The van der Waals surface area contributed by atoms with Crippen LogP contribution in [0.2, 0.25) is 0 Å². The van der Waals surface area contributed by atoms with Crippen molar-refractivity contribution < 1.29 is 23.8 Å². The second-order valence-corrected chi connectivity index (χ2v) is 9.11. The van der Waals surface area contributed by atoms with E-state index < -0.39 is 11.8 Å². The van der Waals surface area contributed by atoms with Crippen molar-refractivity contribution in [3.8, 4) is 5.75 Å². The second kappa shape index (κ2) is 7.53. The Morgan fingerprint density at radius 1 is 1.32 bits per heavy atom. The molecular weight excluding hydrogens is 457 g/mol. The fourth-order valence-electron chi connectivity index (χ4n) is 4.83. The van der Waals surface area contributed by atoms with Gasteiger partial charge >= 0.3 is 5.97 Å². The highest BCUT2D eigenvalue weighted by Crippen LogP contribution is 2.44. The summed E-state index contributed by atoms with van der Waals surface area (Å²) in [5.41, 5.74) is 8.01. The van der Waals surface area contributed by atoms with Gasteiger partial charge in [0.1, 0.15) is 23.1 Å². The Balaban J connectivity index is 1.67. The molecule has 0 radical (unpaired) electrons. The number of ether oxygens (including phenoxy) is 1. The number of ketones is 1. The molecule has 0 spiro atoms. The highest BCUT2D eigenvalue weighted by atomic mass is 32.1. The average Bonchev–Trinajstić information content (AvgIpc) is 3.51. The maximum Gasteiger partial charge on any atom is 0.353 e. The summed E-state index contributed by atoms with van der Waals surface area (Å²) in [6.07, 6.45) is 5.63. The zero-order valence-electron chi connectivity index (χ0n) is 17.8. The molecule has 2 aromatic heterocycles. The van der Waals surface area contributed by atoms with Gasteiger partial charge < -0.3 is 20.1 Å². The minimum Gasteiger partial charge on any atom is -0.492 e. The summed E-state index contributed by atoms with van der Waals surface area (Å²) in [6, 6.07) is 6.96. The van der Waals surface area contributed by atoms with Gasteiger partial charge in [-0.05, 0) is 35.3 Å². The average molecular weight is 476 g/mol. The standard InChI is InChI=1S/C25H18FN3O4S/c26-16-10-17-21(23-13(16)7-8-33-23)20(14-3-1-2-4-18(14)30)22(25(31)32)29(17)11-12-5-6-19-15(9-12)24(27)28-34-19/h1-3,5-6,9-10H,4,7-8,11H2,(H2,27,28)(H,31,32). The molecule has 0 saturated carbocycles. The molecule has 0 unspecified atom stereocenters. The number of aromatic nitrogens is 2. The van der Waals surface area contributed by atoms with Crippen molar-refractivity contribution in [3.63, 3.8) is 0 Å². The molecule has 6 rings (SSSR count). The fraction of sp³-hybridized carbons (Fsp3) is 0.160. The number of nitrogen functional groups attached to an aromatic ring is 1. The van der Waals surface area contributed by atoms with E-state index in [0.717, 1.165) is 15.6 Å². The van der Waals surface area contributed by atoms with Gasteiger partial charge in [-0.2, -0.15) is 4.37 Å². The van der Waals surface area contributed by atoms with Crippen LogP contribution in [0.1, 0.15) is 33.6 Å². The largest absolute Gasteiger partial charge is 0.492 e. The molecule has 3 heterocycles. The summed E-state index contributed by atoms with van der Waals surface area (Å²) in [7, 11) is 0. The number of carboxylic acids is 1. The molecule has 4 aromatic rings. The number of benzene rings is 2. The van der Waals surface area contributed by atoms with Crippen LogP contribution in [0.25, 0.3) is 26.6 Å². The van der Waals surface area contributed by atoms with E-state index in [1.807, 2.05) is 18.2 Å². The van der Waals surface area contributed by atoms with E-state index in [1.54, 1.807) is 22.8 Å². The van der Waals surface area contributed by atoms with Gasteiger partial charge in [0, 0.05) is 41.5 Å². The first kappa shape index (κ1) is 20.6. The lowest BCUT2D eigenvalue weighted by Gasteiger charge is -2.12. The first-order valence-electron chi connectivity index (χ1n) is 10.7. The minimum atomic E-state index is -1.21. The van der Waals surface area contributed by atoms with Crippen molar-refractivity contribution in [2.24, 2.45) is 0 Å². The third-order valence-electron chi connectivity index (χ3n) is 6.33. The normalized spacial score (nSPS) is 15.1. The summed E-state index contributed by atoms with van der Waals surface area (Å²) in [5, 5.41) is 11.5. The van der Waals surface area contributed by atoms with E-state index in [-0.39, 0.29) is 35.6 Å². The molecule has 3 N–H and O–H groups in total. The third-order valence-corrected chi connectivity index (χ3v) is 7.17. The number of hydrogen-bond donors (Lipinski definition) is 2. The van der Waals surface area contributed by atoms with Gasteiger partial charge in [0.2, 0.25) is 0 Å². The van der Waals surface area contributed by atoms with Crippen molar-refractivity contribution in [3.05, 3.63) is 70.7 Å². The summed E-state index contributed by atoms with van der Waals surface area (Å²) in [5.74, 6) is -1.14. The number of carbonyl (C=O) groups is 2. The Labute approximate surface area is 196 Å². The van der Waals surface area contributed by atoms with Crippen LogP contribution in [-0.4, -0.2) is 32.4 Å². The summed E-state index contributed by atoms with van der Waals surface area (Å²) in [6.45, 7) is 0.436. The van der Waals surface area contributed by atoms with Gasteiger partial charge in [0.15, 0.2) is 5.78 Å². The molecule has 1 aliphatic carbocycles. The van der Waals surface area contributed by atoms with Gasteiger partial charge in [-0.1, -0.05) is 24.3 Å². The van der Waals surface area contributed by atoms with Gasteiger partial charge in [-0.15, -0.1) is 0 Å². The molecule has 2 aromatic carbocycles. The van der Waals surface area contributed by atoms with E-state index in [2.05, 4.69) is 4.37 Å². The number of anilines is 1. The van der Waals surface area contributed by atoms with Crippen LogP contribution in [0.5, 0.6) is 5.75 Å². The number of rotatable bonds is 4. The molecule has 170 valence electrons. The van der Waals surface area contributed by atoms with Crippen LogP contribution >= 0.6 is 11.5 Å². The van der Waals surface area contributed by atoms with Crippen molar-refractivity contribution in [1.29, 1.82) is 0 Å². The van der Waals surface area contributed by atoms with Crippen LogP contribution in [0, 0.1) is 5.82 Å². The number of hydrogen-bond acceptors (Lipinski definition) is 6. The highest BCUT2D eigenvalue weighted by molar-refractivity contribution is 7.13. The maximum atomic E-state index is 15.1. The van der Waals surface area contributed by atoms with Crippen LogP contribution in [-0.2, 0) is 17.8 Å². The monoisotopic (exact) mass is 475 g/mol. The lowest BCUT2D eigenvalue weighted by molar-refractivity contribution is -0.113. The Morgan fingerprint density at radius 3 is 2.97 bits per heavy atom. The number of Topliss-reactive ketones (excluding diaryl/α,β-unsaturated/α-hetero) is 1. The van der Waals surface area contributed by atoms with Crippen LogP contribution in [0.3, 0.4) is 0 Å². The van der Waals surface area contributed by atoms with Gasteiger partial charge in [-0.25, -0.2) is 9.18 Å². The molecule has 1 aliphatic heterocycles. The zero-order valence-corrected chi connectivity index (χ0v) is 18.6. The van der Waals surface area contributed by atoms with Crippen molar-refractivity contribution >= 4 is 55.7 Å². The number of halogens is 1. The predicted molar refractivity (Wildman–Crippen MR) is 128 cm³/mol. The zero-order chi connectivity index (χ0) is 23.6. The molecule has 0 atom stereocenters. The van der Waals surface area contributed by atoms with E-state index in [4.69, 9.17) is 10.5 Å². The van der Waals surface area contributed by atoms with Crippen molar-refractivity contribution in [1.82, 2.24) is 8.94 Å². The predicted octanol–water partition coefficient (Wildman–Crippen LogP) is 4.57. The number of carbonyl (C=O) groups excluding carboxylic acids is 1. The molecule has 34 heavy (non-hydrogen) atoms. The lowest BCUT2D eigenvalue weighted by atomic mass is 9.92. The molecule has 0 saturated heterocycles. The number of nitrogens with zero attached hydrogens (tertiary/aromatic N) is 2. The van der Waals surface area contributed by atoms with E-state index in [1.165, 1.54) is 17.6 Å². The number of fused-ring (bicyclic) bond motifs is 4. The molecule has 9 heteroatoms. The fourth-order valence-corrected chi connectivity index (χ4v) is 5.52. The first-order valence-corrected chi connectivity index (χ1v) is 11.5. The summed E-state index contributed by atoms with van der Waals surface area (Å²) < 4.78 is 27.5. The molecule has 7 nitrogen and oxygen atoms in total. The third kappa shape index (κ3) is 2.97. The SMILES string of the molecule is Nc1nsc2ccc(Cn3c(C(=O)O)c(C4=CC=CCC4=O)c4c5c(c(F)cc43)CCO5)cc12. The van der Waals surface area contributed by atoms with Gasteiger partial charge in [-0.3, -0.25) is 4.79 Å². The number of nitrogens with two attached hydrogens (primary N) is 1. The molecule has 0 bridgehead atoms. The smallest absolute Gasteiger partial charge is 0.353 e. The van der Waals surface area contributed by atoms with Crippen LogP contribution in [0.15, 0.2) is 42.5 Å². The Bertz CT molecular complexity index is 1610. The quantitative estimate of drug-likeness (QED) is 0.448. The van der Waals surface area contributed by atoms with Crippen molar-refractivity contribution in [2.75, 3.05) is 12.3 Å². The van der Waals surface area contributed by atoms with E-state index >= 15 is 4.39 Å². The lowest BCUT2D eigenvalue weighted by Crippen LogP contribution is -2.13. The van der Waals surface area contributed by atoms with Crippen LogP contribution in [0.4, 0.5) is 10.2 Å². The minimum absolute atomic E-state index is 0.0790. The Kier molecular flexibility index (Phi) is 4.56. The summed E-state index contributed by atoms with van der Waals surface area (Å²) >= 11 is 1.28. The summed E-state index contributed by atoms with van der Waals surface area (Å²) in [4.78, 5) is 25.5. The highest BCUT2D eigenvalue weighted by Gasteiger charge is 2.33. The van der Waals surface area contributed by atoms with E-state index in [9.17, 15) is 14.7 Å². The topological polar surface area (TPSA) is 107 Å².